The lowest BCUT2D eigenvalue weighted by molar-refractivity contribution is -0.133. The number of hydrogen-bond donors (Lipinski definition) is 0. The van der Waals surface area contributed by atoms with Gasteiger partial charge in [0.15, 0.2) is 0 Å². The summed E-state index contributed by atoms with van der Waals surface area (Å²) in [6.07, 6.45) is -4.06. The monoisotopic (exact) mass is 252 g/mol. The molecule has 4 heteroatoms. The van der Waals surface area contributed by atoms with E-state index in [0.717, 1.165) is 0 Å². The van der Waals surface area contributed by atoms with E-state index >= 15 is 0 Å². The zero-order valence-corrected chi connectivity index (χ0v) is 7.16. The molecule has 0 aliphatic rings. The molecule has 0 saturated heterocycles. The Hall–Kier alpha value is 0.520. The molecule has 0 aliphatic heterocycles. The van der Waals surface area contributed by atoms with E-state index in [1.165, 1.54) is 0 Å². The average molecular weight is 252 g/mol. The lowest BCUT2D eigenvalue weighted by atomic mass is 10.2. The van der Waals surface area contributed by atoms with E-state index in [1.807, 2.05) is 22.6 Å². The van der Waals surface area contributed by atoms with Crippen molar-refractivity contribution in [2.75, 3.05) is 0 Å². The van der Waals surface area contributed by atoms with Gasteiger partial charge in [-0.25, -0.2) is 0 Å². The van der Waals surface area contributed by atoms with Gasteiger partial charge in [-0.05, 0) is 6.42 Å². The van der Waals surface area contributed by atoms with Gasteiger partial charge in [-0.15, -0.1) is 0 Å². The van der Waals surface area contributed by atoms with E-state index in [0.29, 0.717) is 6.42 Å². The molecule has 0 N–H and O–H groups in total. The van der Waals surface area contributed by atoms with Crippen LogP contribution in [-0.2, 0) is 0 Å². The predicted octanol–water partition coefficient (Wildman–Crippen LogP) is 3.15. The summed E-state index contributed by atoms with van der Waals surface area (Å²) in [5.41, 5.74) is 0. The Kier molecular flexibility index (Phi) is 3.84. The molecule has 0 spiro atoms. The van der Waals surface area contributed by atoms with E-state index in [2.05, 4.69) is 0 Å². The highest BCUT2D eigenvalue weighted by Crippen LogP contribution is 2.26. The number of halogens is 4. The van der Waals surface area contributed by atoms with Gasteiger partial charge in [-0.2, -0.15) is 13.2 Å². The summed E-state index contributed by atoms with van der Waals surface area (Å²) in [5.74, 6) is 0. The second-order valence-corrected chi connectivity index (χ2v) is 3.59. The first-order valence-corrected chi connectivity index (χ1v) is 3.91. The van der Waals surface area contributed by atoms with Crippen LogP contribution in [0.25, 0.3) is 0 Å². The van der Waals surface area contributed by atoms with Crippen LogP contribution in [0.3, 0.4) is 0 Å². The second-order valence-electron chi connectivity index (χ2n) is 1.82. The molecule has 0 aliphatic carbocycles. The number of rotatable bonds is 2. The molecule has 0 radical (unpaired) electrons. The largest absolute Gasteiger partial charge is 0.390 e. The first-order valence-electron chi connectivity index (χ1n) is 2.66. The molecule has 0 unspecified atom stereocenters. The molecule has 56 valence electrons. The Morgan fingerprint density at radius 3 is 2.00 bits per heavy atom. The van der Waals surface area contributed by atoms with Crippen LogP contribution in [0, 0.1) is 0 Å². The number of alkyl halides is 4. The molecule has 0 rings (SSSR count). The van der Waals surface area contributed by atoms with Crippen molar-refractivity contribution in [3.63, 3.8) is 0 Å². The summed E-state index contributed by atoms with van der Waals surface area (Å²) >= 11 is 1.81. The molecule has 0 amide bonds. The standard InChI is InChI=1S/C5H8F3I/c1-2-4(9)3-5(6,7)8/h4H,2-3H2,1H3/t4-/m0/s1. The minimum absolute atomic E-state index is 0.261. The third kappa shape index (κ3) is 6.40. The van der Waals surface area contributed by atoms with Gasteiger partial charge in [-0.1, -0.05) is 29.5 Å². The minimum Gasteiger partial charge on any atom is -0.171 e. The van der Waals surface area contributed by atoms with Crippen LogP contribution >= 0.6 is 22.6 Å². The van der Waals surface area contributed by atoms with Crippen LogP contribution in [-0.4, -0.2) is 10.1 Å². The summed E-state index contributed by atoms with van der Waals surface area (Å²) in [5, 5.41) is 0. The maximum atomic E-state index is 11.5. The van der Waals surface area contributed by atoms with E-state index in [-0.39, 0.29) is 3.92 Å². The van der Waals surface area contributed by atoms with Crippen LogP contribution in [0.2, 0.25) is 0 Å². The Morgan fingerprint density at radius 1 is 1.44 bits per heavy atom. The van der Waals surface area contributed by atoms with Crippen molar-refractivity contribution in [3.8, 4) is 0 Å². The van der Waals surface area contributed by atoms with Crippen molar-refractivity contribution in [2.45, 2.75) is 29.9 Å². The highest BCUT2D eigenvalue weighted by Gasteiger charge is 2.29. The van der Waals surface area contributed by atoms with Gasteiger partial charge < -0.3 is 0 Å². The Balaban J connectivity index is 3.47. The summed E-state index contributed by atoms with van der Waals surface area (Å²) in [6.45, 7) is 1.75. The number of hydrogen-bond acceptors (Lipinski definition) is 0. The third-order valence-electron chi connectivity index (χ3n) is 0.896. The Morgan fingerprint density at radius 2 is 1.89 bits per heavy atom. The lowest BCUT2D eigenvalue weighted by Gasteiger charge is -2.08. The fourth-order valence-electron chi connectivity index (χ4n) is 0.395. The fraction of sp³-hybridized carbons (Fsp3) is 1.00. The molecular weight excluding hydrogens is 244 g/mol. The van der Waals surface area contributed by atoms with Crippen LogP contribution in [0.4, 0.5) is 13.2 Å². The smallest absolute Gasteiger partial charge is 0.171 e. The molecule has 0 aromatic carbocycles. The van der Waals surface area contributed by atoms with Gasteiger partial charge in [0, 0.05) is 3.92 Å². The molecule has 0 aromatic rings. The highest BCUT2D eigenvalue weighted by molar-refractivity contribution is 14.1. The van der Waals surface area contributed by atoms with Crippen LogP contribution in [0.5, 0.6) is 0 Å². The van der Waals surface area contributed by atoms with Crippen LogP contribution in [0.1, 0.15) is 19.8 Å². The maximum absolute atomic E-state index is 11.5. The molecule has 0 fully saturated rings. The summed E-state index contributed by atoms with van der Waals surface area (Å²) in [7, 11) is 0. The van der Waals surface area contributed by atoms with Gasteiger partial charge in [0.1, 0.15) is 0 Å². The molecular formula is C5H8F3I. The van der Waals surface area contributed by atoms with E-state index in [9.17, 15) is 13.2 Å². The molecule has 9 heavy (non-hydrogen) atoms. The third-order valence-corrected chi connectivity index (χ3v) is 2.22. The molecule has 0 bridgehead atoms. The summed E-state index contributed by atoms with van der Waals surface area (Å²) in [4.78, 5) is 0. The van der Waals surface area contributed by atoms with Crippen LogP contribution < -0.4 is 0 Å². The Labute approximate surface area is 66.0 Å². The molecule has 0 saturated carbocycles. The maximum Gasteiger partial charge on any atom is 0.390 e. The van der Waals surface area contributed by atoms with Crippen molar-refractivity contribution >= 4 is 22.6 Å². The zero-order chi connectivity index (χ0) is 7.49. The molecule has 0 heterocycles. The van der Waals surface area contributed by atoms with Crippen molar-refractivity contribution < 1.29 is 13.2 Å². The van der Waals surface area contributed by atoms with Crippen LogP contribution in [0.15, 0.2) is 0 Å². The van der Waals surface area contributed by atoms with Crippen molar-refractivity contribution in [3.05, 3.63) is 0 Å². The lowest BCUT2D eigenvalue weighted by Crippen LogP contribution is -2.13. The highest BCUT2D eigenvalue weighted by atomic mass is 127. The van der Waals surface area contributed by atoms with Crippen molar-refractivity contribution in [2.24, 2.45) is 0 Å². The topological polar surface area (TPSA) is 0 Å². The van der Waals surface area contributed by atoms with E-state index in [4.69, 9.17) is 0 Å². The first-order chi connectivity index (χ1) is 3.95. The van der Waals surface area contributed by atoms with Crippen molar-refractivity contribution in [1.82, 2.24) is 0 Å². The summed E-state index contributed by atoms with van der Waals surface area (Å²) < 4.78 is 34.2. The SMILES string of the molecule is CC[C@H](I)CC(F)(F)F. The zero-order valence-electron chi connectivity index (χ0n) is 5.00. The average Bonchev–Trinajstić information content (AvgIpc) is 1.62. The van der Waals surface area contributed by atoms with E-state index < -0.39 is 12.6 Å². The van der Waals surface area contributed by atoms with Gasteiger partial charge in [0.2, 0.25) is 0 Å². The normalized spacial score (nSPS) is 15.7. The van der Waals surface area contributed by atoms with Gasteiger partial charge in [-0.3, -0.25) is 0 Å². The second kappa shape index (κ2) is 3.63. The molecule has 0 aromatic heterocycles. The van der Waals surface area contributed by atoms with Gasteiger partial charge in [0.25, 0.3) is 0 Å². The van der Waals surface area contributed by atoms with Gasteiger partial charge >= 0.3 is 6.18 Å². The quantitative estimate of drug-likeness (QED) is 0.523. The van der Waals surface area contributed by atoms with E-state index in [1.54, 1.807) is 6.92 Å². The predicted molar refractivity (Wildman–Crippen MR) is 38.8 cm³/mol. The summed E-state index contributed by atoms with van der Waals surface area (Å²) in [6, 6.07) is 0. The first kappa shape index (κ1) is 9.52. The van der Waals surface area contributed by atoms with Gasteiger partial charge in [0.05, 0.1) is 6.42 Å². The molecule has 1 atom stereocenters. The fourth-order valence-corrected chi connectivity index (χ4v) is 0.895. The minimum atomic E-state index is -3.98. The van der Waals surface area contributed by atoms with Crippen molar-refractivity contribution in [1.29, 1.82) is 0 Å². The molecule has 0 nitrogen and oxygen atoms in total. The Bertz CT molecular complexity index is 78.8.